The average Bonchev–Trinajstić information content (AvgIpc) is 2.98. The summed E-state index contributed by atoms with van der Waals surface area (Å²) >= 11 is 0. The predicted octanol–water partition coefficient (Wildman–Crippen LogP) is 5.15. The van der Waals surface area contributed by atoms with Crippen molar-refractivity contribution < 1.29 is 19.4 Å². The van der Waals surface area contributed by atoms with Gasteiger partial charge in [-0.3, -0.25) is 9.59 Å². The van der Waals surface area contributed by atoms with Gasteiger partial charge in [-0.05, 0) is 92.1 Å². The molecule has 0 radical (unpaired) electrons. The quantitative estimate of drug-likeness (QED) is 0.632. The van der Waals surface area contributed by atoms with E-state index in [0.717, 1.165) is 38.5 Å². The number of ether oxygens (including phenoxy) is 1. The number of hydrogen-bond donors (Lipinski definition) is 1. The minimum atomic E-state index is -0.796. The molecule has 0 aromatic carbocycles. The van der Waals surface area contributed by atoms with Gasteiger partial charge in [0, 0.05) is 12.8 Å². The molecule has 0 aromatic heterocycles. The molecule has 0 heterocycles. The summed E-state index contributed by atoms with van der Waals surface area (Å²) < 4.78 is 5.25. The fourth-order valence-electron chi connectivity index (χ4n) is 7.53. The zero-order valence-corrected chi connectivity index (χ0v) is 19.1. The molecule has 0 aromatic rings. The van der Waals surface area contributed by atoms with Crippen molar-refractivity contribution in [2.24, 2.45) is 28.6 Å². The van der Waals surface area contributed by atoms with Crippen molar-refractivity contribution in [2.45, 2.75) is 91.1 Å². The Morgan fingerprint density at radius 3 is 2.67 bits per heavy atom. The highest BCUT2D eigenvalue weighted by atomic mass is 16.5. The van der Waals surface area contributed by atoms with Gasteiger partial charge in [-0.1, -0.05) is 32.4 Å². The highest BCUT2D eigenvalue weighted by Crippen LogP contribution is 2.67. The molecule has 2 fully saturated rings. The first kappa shape index (κ1) is 21.8. The minimum absolute atomic E-state index is 0.0728. The van der Waals surface area contributed by atoms with Crippen LogP contribution in [-0.4, -0.2) is 29.1 Å². The van der Waals surface area contributed by atoms with Crippen molar-refractivity contribution in [1.29, 1.82) is 0 Å². The van der Waals surface area contributed by atoms with E-state index in [0.29, 0.717) is 43.6 Å². The molecule has 30 heavy (non-hydrogen) atoms. The molecule has 4 rings (SSSR count). The van der Waals surface area contributed by atoms with E-state index in [1.165, 1.54) is 11.1 Å². The summed E-state index contributed by atoms with van der Waals surface area (Å²) in [6.45, 7) is 9.25. The summed E-state index contributed by atoms with van der Waals surface area (Å²) in [5.74, 6) is 1.49. The molecule has 0 aliphatic heterocycles. The number of rotatable bonds is 5. The standard InChI is InChI=1S/C26H38O4/c1-5-14-30-23(28)9-13-26(29)12-8-21-19-15-17(2)22-16-18(27)6-10-24(22,3)20(19)7-11-25(21,26)4/h15-16,19-21,29H,5-14H2,1-4H3/t19-,20+,21+,24-,25+,26-/m1/s1. The maximum atomic E-state index is 12.1. The second-order valence-electron chi connectivity index (χ2n) is 10.8. The zero-order chi connectivity index (χ0) is 21.7. The van der Waals surface area contributed by atoms with Gasteiger partial charge in [-0.25, -0.2) is 0 Å². The van der Waals surface area contributed by atoms with Crippen LogP contribution in [0.2, 0.25) is 0 Å². The van der Waals surface area contributed by atoms with Gasteiger partial charge in [-0.15, -0.1) is 0 Å². The average molecular weight is 415 g/mol. The molecule has 1 N–H and O–H groups in total. The summed E-state index contributed by atoms with van der Waals surface area (Å²) in [5.41, 5.74) is 1.63. The number of carbonyl (C=O) groups is 2. The monoisotopic (exact) mass is 414 g/mol. The van der Waals surface area contributed by atoms with E-state index in [2.05, 4.69) is 26.8 Å². The smallest absolute Gasteiger partial charge is 0.305 e. The number of carbonyl (C=O) groups excluding carboxylic acids is 2. The molecule has 0 bridgehead atoms. The summed E-state index contributed by atoms with van der Waals surface area (Å²) in [5, 5.41) is 11.7. The molecule has 0 amide bonds. The summed E-state index contributed by atoms with van der Waals surface area (Å²) in [6.07, 6.45) is 11.4. The van der Waals surface area contributed by atoms with Gasteiger partial charge >= 0.3 is 5.97 Å². The third-order valence-electron chi connectivity index (χ3n) is 9.36. The molecule has 6 atom stereocenters. The summed E-state index contributed by atoms with van der Waals surface area (Å²) in [7, 11) is 0. The van der Waals surface area contributed by atoms with Crippen molar-refractivity contribution in [2.75, 3.05) is 6.61 Å². The number of hydrogen-bond acceptors (Lipinski definition) is 4. The van der Waals surface area contributed by atoms with Crippen LogP contribution >= 0.6 is 0 Å². The zero-order valence-electron chi connectivity index (χ0n) is 19.1. The number of ketones is 1. The molecule has 0 unspecified atom stereocenters. The van der Waals surface area contributed by atoms with Gasteiger partial charge < -0.3 is 9.84 Å². The van der Waals surface area contributed by atoms with Gasteiger partial charge in [0.1, 0.15) is 0 Å². The van der Waals surface area contributed by atoms with Crippen molar-refractivity contribution >= 4 is 11.8 Å². The van der Waals surface area contributed by atoms with E-state index in [9.17, 15) is 14.7 Å². The van der Waals surface area contributed by atoms with Crippen molar-refractivity contribution in [3.05, 3.63) is 23.3 Å². The summed E-state index contributed by atoms with van der Waals surface area (Å²) in [6, 6.07) is 0. The first-order chi connectivity index (χ1) is 14.1. The van der Waals surface area contributed by atoms with Crippen LogP contribution in [0.1, 0.15) is 85.5 Å². The molecule has 2 saturated carbocycles. The predicted molar refractivity (Wildman–Crippen MR) is 117 cm³/mol. The molecule has 0 spiro atoms. The fraction of sp³-hybridized carbons (Fsp3) is 0.769. The maximum absolute atomic E-state index is 12.1. The Labute approximate surface area is 181 Å². The molecule has 4 aliphatic carbocycles. The van der Waals surface area contributed by atoms with Crippen LogP contribution in [0.3, 0.4) is 0 Å². The fourth-order valence-corrected chi connectivity index (χ4v) is 7.53. The highest BCUT2D eigenvalue weighted by Gasteiger charge is 2.63. The van der Waals surface area contributed by atoms with Gasteiger partial charge in [0.25, 0.3) is 0 Å². The Hall–Kier alpha value is -1.42. The van der Waals surface area contributed by atoms with E-state index < -0.39 is 5.60 Å². The van der Waals surface area contributed by atoms with Crippen LogP contribution in [0.5, 0.6) is 0 Å². The van der Waals surface area contributed by atoms with E-state index in [1.54, 1.807) is 0 Å². The topological polar surface area (TPSA) is 63.6 Å². The van der Waals surface area contributed by atoms with E-state index in [4.69, 9.17) is 4.74 Å². The highest BCUT2D eigenvalue weighted by molar-refractivity contribution is 5.92. The Bertz CT molecular complexity index is 795. The van der Waals surface area contributed by atoms with Crippen molar-refractivity contribution in [1.82, 2.24) is 0 Å². The number of aliphatic hydroxyl groups is 1. The van der Waals surface area contributed by atoms with Crippen molar-refractivity contribution in [3.8, 4) is 0 Å². The Balaban J connectivity index is 1.58. The van der Waals surface area contributed by atoms with Crippen LogP contribution in [0.25, 0.3) is 0 Å². The molecular formula is C26H38O4. The Kier molecular flexibility index (Phi) is 5.53. The third-order valence-corrected chi connectivity index (χ3v) is 9.36. The minimum Gasteiger partial charge on any atom is -0.466 e. The Morgan fingerprint density at radius 2 is 1.93 bits per heavy atom. The lowest BCUT2D eigenvalue weighted by atomic mass is 9.47. The normalized spacial score (nSPS) is 42.6. The van der Waals surface area contributed by atoms with Crippen LogP contribution in [0, 0.1) is 28.6 Å². The second kappa shape index (κ2) is 7.62. The molecular weight excluding hydrogens is 376 g/mol. The molecule has 166 valence electrons. The number of fused-ring (bicyclic) bond motifs is 5. The maximum Gasteiger partial charge on any atom is 0.305 e. The van der Waals surface area contributed by atoms with Gasteiger partial charge in [-0.2, -0.15) is 0 Å². The molecule has 4 aliphatic rings. The van der Waals surface area contributed by atoms with E-state index >= 15 is 0 Å². The number of allylic oxidation sites excluding steroid dienone is 4. The molecule has 4 heteroatoms. The van der Waals surface area contributed by atoms with Crippen LogP contribution in [0.4, 0.5) is 0 Å². The van der Waals surface area contributed by atoms with Crippen LogP contribution in [-0.2, 0) is 14.3 Å². The lowest BCUT2D eigenvalue weighted by Crippen LogP contribution is -2.54. The van der Waals surface area contributed by atoms with Gasteiger partial charge in [0.15, 0.2) is 5.78 Å². The first-order valence-corrected chi connectivity index (χ1v) is 12.0. The lowest BCUT2D eigenvalue weighted by Gasteiger charge is -2.58. The number of esters is 1. The Morgan fingerprint density at radius 1 is 1.20 bits per heavy atom. The second-order valence-corrected chi connectivity index (χ2v) is 10.8. The van der Waals surface area contributed by atoms with Gasteiger partial charge in [0.2, 0.25) is 0 Å². The van der Waals surface area contributed by atoms with Crippen LogP contribution < -0.4 is 0 Å². The SMILES string of the molecule is CCCOC(=O)CC[C@]1(O)CC[C@H]2[C@@H]3C=C(C)C4=CC(=O)CC[C@]4(C)[C@H]3CC[C@@]21C. The van der Waals surface area contributed by atoms with Gasteiger partial charge in [0.05, 0.1) is 12.2 Å². The van der Waals surface area contributed by atoms with E-state index in [-0.39, 0.29) is 22.6 Å². The third kappa shape index (κ3) is 3.21. The molecule has 4 nitrogen and oxygen atoms in total. The summed E-state index contributed by atoms with van der Waals surface area (Å²) in [4.78, 5) is 24.2. The lowest BCUT2D eigenvalue weighted by molar-refractivity contribution is -0.149. The van der Waals surface area contributed by atoms with Crippen molar-refractivity contribution in [3.63, 3.8) is 0 Å². The van der Waals surface area contributed by atoms with Crippen LogP contribution in [0.15, 0.2) is 23.3 Å². The first-order valence-electron chi connectivity index (χ1n) is 12.0. The molecule has 0 saturated heterocycles. The largest absolute Gasteiger partial charge is 0.466 e. The van der Waals surface area contributed by atoms with E-state index in [1.807, 2.05) is 13.0 Å².